The normalized spacial score (nSPS) is 26.4. The summed E-state index contributed by atoms with van der Waals surface area (Å²) in [5, 5.41) is 6.68. The number of carbonyl (C=O) groups excluding carboxylic acids is 1. The summed E-state index contributed by atoms with van der Waals surface area (Å²) in [5.74, 6) is 1.71. The van der Waals surface area contributed by atoms with E-state index in [1.165, 1.54) is 25.7 Å². The van der Waals surface area contributed by atoms with Gasteiger partial charge in [-0.15, -0.1) is 0 Å². The smallest absolute Gasteiger partial charge is 0.174 e. The number of carbonyl (C=O) groups is 1. The zero-order valence-electron chi connectivity index (χ0n) is 12.9. The van der Waals surface area contributed by atoms with Gasteiger partial charge in [-0.2, -0.15) is 0 Å². The lowest BCUT2D eigenvalue weighted by Gasteiger charge is -2.29. The van der Waals surface area contributed by atoms with Crippen molar-refractivity contribution >= 4 is 11.6 Å². The molecule has 2 unspecified atom stereocenters. The zero-order valence-corrected chi connectivity index (χ0v) is 12.9. The molecule has 4 nitrogen and oxygen atoms in total. The second-order valence-electron chi connectivity index (χ2n) is 6.34. The van der Waals surface area contributed by atoms with Crippen LogP contribution in [0.25, 0.3) is 0 Å². The third-order valence-electron chi connectivity index (χ3n) is 4.16. The second-order valence-corrected chi connectivity index (χ2v) is 6.34. The van der Waals surface area contributed by atoms with E-state index in [4.69, 9.17) is 0 Å². The first-order valence-corrected chi connectivity index (χ1v) is 7.84. The lowest BCUT2D eigenvalue weighted by atomic mass is 9.86. The van der Waals surface area contributed by atoms with E-state index in [2.05, 4.69) is 36.4 Å². The highest BCUT2D eigenvalue weighted by atomic mass is 16.1. The number of aliphatic imine (C=N–C) groups is 1. The van der Waals surface area contributed by atoms with Gasteiger partial charge in [0.2, 0.25) is 0 Å². The van der Waals surface area contributed by atoms with Crippen molar-refractivity contribution in [2.24, 2.45) is 10.9 Å². The van der Waals surface area contributed by atoms with Crippen LogP contribution in [0.2, 0.25) is 0 Å². The van der Waals surface area contributed by atoms with Gasteiger partial charge in [-0.3, -0.25) is 9.79 Å². The quantitative estimate of drug-likeness (QED) is 0.809. The molecule has 4 heteroatoms. The first-order chi connectivity index (χ1) is 9.56. The number of hydrogen-bond donors (Lipinski definition) is 2. The highest BCUT2D eigenvalue weighted by Gasteiger charge is 2.22. The lowest BCUT2D eigenvalue weighted by Crippen LogP contribution is -2.40. The minimum atomic E-state index is 0.187. The summed E-state index contributed by atoms with van der Waals surface area (Å²) in [6.45, 7) is 7.40. The van der Waals surface area contributed by atoms with E-state index in [1.54, 1.807) is 0 Å². The van der Waals surface area contributed by atoms with Gasteiger partial charge in [-0.05, 0) is 38.7 Å². The van der Waals surface area contributed by atoms with Crippen LogP contribution in [0, 0.1) is 5.92 Å². The Bertz CT molecular complexity index is 412. The Morgan fingerprint density at radius 3 is 2.85 bits per heavy atom. The standard InChI is InChI=1S/C16H27N3O/c1-11(2)19-16-8-13(9-18-16)15(20)10-17-14-7-5-4-6-12(14)3/h8,11-12,14,17H,4-7,9-10H2,1-3H3,(H,18,19). The first-order valence-electron chi connectivity index (χ1n) is 7.84. The Balaban J connectivity index is 1.78. The van der Waals surface area contributed by atoms with E-state index in [0.717, 1.165) is 11.4 Å². The zero-order chi connectivity index (χ0) is 14.5. The van der Waals surface area contributed by atoms with Crippen LogP contribution in [-0.2, 0) is 4.79 Å². The van der Waals surface area contributed by atoms with Crippen LogP contribution >= 0.6 is 0 Å². The predicted molar refractivity (Wildman–Crippen MR) is 83.1 cm³/mol. The van der Waals surface area contributed by atoms with Crippen LogP contribution in [0.15, 0.2) is 16.6 Å². The Morgan fingerprint density at radius 1 is 1.40 bits per heavy atom. The van der Waals surface area contributed by atoms with Crippen LogP contribution in [0.3, 0.4) is 0 Å². The van der Waals surface area contributed by atoms with Crippen molar-refractivity contribution in [2.45, 2.75) is 58.5 Å². The van der Waals surface area contributed by atoms with Crippen molar-refractivity contribution in [3.8, 4) is 0 Å². The van der Waals surface area contributed by atoms with Gasteiger partial charge in [-0.25, -0.2) is 0 Å². The molecule has 0 spiro atoms. The molecule has 2 rings (SSSR count). The van der Waals surface area contributed by atoms with Crippen LogP contribution in [0.5, 0.6) is 0 Å². The molecule has 20 heavy (non-hydrogen) atoms. The largest absolute Gasteiger partial charge is 0.368 e. The fourth-order valence-corrected chi connectivity index (χ4v) is 2.94. The monoisotopic (exact) mass is 277 g/mol. The molecule has 0 amide bonds. The van der Waals surface area contributed by atoms with E-state index in [0.29, 0.717) is 31.1 Å². The number of ketones is 1. The average Bonchev–Trinajstić information content (AvgIpc) is 2.85. The van der Waals surface area contributed by atoms with Gasteiger partial charge in [0.1, 0.15) is 5.84 Å². The van der Waals surface area contributed by atoms with Gasteiger partial charge >= 0.3 is 0 Å². The summed E-state index contributed by atoms with van der Waals surface area (Å²) < 4.78 is 0. The van der Waals surface area contributed by atoms with Crippen LogP contribution in [-0.4, -0.2) is 36.8 Å². The van der Waals surface area contributed by atoms with E-state index in [-0.39, 0.29) is 5.78 Å². The maximum absolute atomic E-state index is 12.2. The second kappa shape index (κ2) is 7.02. The molecule has 0 aromatic rings. The summed E-state index contributed by atoms with van der Waals surface area (Å²) in [5.41, 5.74) is 0.823. The maximum atomic E-state index is 12.2. The lowest BCUT2D eigenvalue weighted by molar-refractivity contribution is -0.115. The number of nitrogens with one attached hydrogen (secondary N) is 2. The SMILES string of the molecule is CC(C)NC1=NCC(C(=O)CNC2CCCCC2C)=C1. The predicted octanol–water partition coefficient (Wildman–Crippen LogP) is 2.06. The van der Waals surface area contributed by atoms with Crippen molar-refractivity contribution in [1.29, 1.82) is 0 Å². The molecular formula is C16H27N3O. The molecule has 1 heterocycles. The van der Waals surface area contributed by atoms with Gasteiger partial charge in [0.05, 0.1) is 13.1 Å². The topological polar surface area (TPSA) is 53.5 Å². The third kappa shape index (κ3) is 4.17. The molecule has 0 bridgehead atoms. The molecule has 2 aliphatic rings. The number of amidine groups is 1. The molecule has 2 N–H and O–H groups in total. The summed E-state index contributed by atoms with van der Waals surface area (Å²) in [4.78, 5) is 16.5. The molecule has 0 aromatic heterocycles. The molecule has 0 radical (unpaired) electrons. The minimum absolute atomic E-state index is 0.187. The average molecular weight is 277 g/mol. The van der Waals surface area contributed by atoms with Gasteiger partial charge in [0.15, 0.2) is 5.78 Å². The van der Waals surface area contributed by atoms with Gasteiger partial charge in [-0.1, -0.05) is 19.8 Å². The first kappa shape index (κ1) is 15.2. The van der Waals surface area contributed by atoms with Gasteiger partial charge < -0.3 is 10.6 Å². The Kier molecular flexibility index (Phi) is 5.35. The molecule has 0 aromatic carbocycles. The van der Waals surface area contributed by atoms with E-state index in [9.17, 15) is 4.79 Å². The molecule has 112 valence electrons. The van der Waals surface area contributed by atoms with E-state index >= 15 is 0 Å². The van der Waals surface area contributed by atoms with E-state index < -0.39 is 0 Å². The van der Waals surface area contributed by atoms with Gasteiger partial charge in [0, 0.05) is 17.7 Å². The molecule has 1 aliphatic heterocycles. The van der Waals surface area contributed by atoms with E-state index in [1.807, 2.05) is 6.08 Å². The van der Waals surface area contributed by atoms with Crippen LogP contribution in [0.4, 0.5) is 0 Å². The molecule has 2 atom stereocenters. The minimum Gasteiger partial charge on any atom is -0.368 e. The number of Topliss-reactive ketones (excluding diaryl/α,β-unsaturated/α-hetero) is 1. The Hall–Kier alpha value is -1.16. The Labute approximate surface area is 122 Å². The Morgan fingerprint density at radius 2 is 2.15 bits per heavy atom. The summed E-state index contributed by atoms with van der Waals surface area (Å²) in [7, 11) is 0. The van der Waals surface area contributed by atoms with Crippen molar-refractivity contribution in [1.82, 2.24) is 10.6 Å². The summed E-state index contributed by atoms with van der Waals surface area (Å²) >= 11 is 0. The molecular weight excluding hydrogens is 250 g/mol. The van der Waals surface area contributed by atoms with Crippen molar-refractivity contribution < 1.29 is 4.79 Å². The molecule has 1 saturated carbocycles. The third-order valence-corrected chi connectivity index (χ3v) is 4.16. The van der Waals surface area contributed by atoms with Crippen molar-refractivity contribution in [2.75, 3.05) is 13.1 Å². The van der Waals surface area contributed by atoms with Crippen molar-refractivity contribution in [3.05, 3.63) is 11.6 Å². The number of rotatable bonds is 5. The van der Waals surface area contributed by atoms with Crippen LogP contribution < -0.4 is 10.6 Å². The molecule has 1 aliphatic carbocycles. The maximum Gasteiger partial charge on any atom is 0.174 e. The summed E-state index contributed by atoms with van der Waals surface area (Å²) in [6.07, 6.45) is 6.99. The highest BCUT2D eigenvalue weighted by Crippen LogP contribution is 2.23. The van der Waals surface area contributed by atoms with Crippen LogP contribution in [0.1, 0.15) is 46.5 Å². The highest BCUT2D eigenvalue weighted by molar-refractivity contribution is 6.07. The number of hydrogen-bond acceptors (Lipinski definition) is 4. The number of nitrogens with zero attached hydrogens (tertiary/aromatic N) is 1. The fourth-order valence-electron chi connectivity index (χ4n) is 2.94. The molecule has 1 fully saturated rings. The van der Waals surface area contributed by atoms with Gasteiger partial charge in [0.25, 0.3) is 0 Å². The van der Waals surface area contributed by atoms with Crippen molar-refractivity contribution in [3.63, 3.8) is 0 Å². The molecule has 0 saturated heterocycles. The summed E-state index contributed by atoms with van der Waals surface area (Å²) in [6, 6.07) is 0.851. The fraction of sp³-hybridized carbons (Fsp3) is 0.750.